The van der Waals surface area contributed by atoms with Gasteiger partial charge < -0.3 is 20.5 Å². The normalized spacial score (nSPS) is 47.6. The third-order valence-corrected chi connectivity index (χ3v) is 5.46. The number of nitrogens with one attached hydrogen (secondary N) is 1. The number of fused-ring (bicyclic) bond motifs is 1. The van der Waals surface area contributed by atoms with E-state index in [9.17, 15) is 4.79 Å². The van der Waals surface area contributed by atoms with Gasteiger partial charge in [0, 0.05) is 24.5 Å². The van der Waals surface area contributed by atoms with E-state index in [0.717, 1.165) is 12.8 Å². The number of nitrogens with two attached hydrogens (primary N) is 1. The first-order chi connectivity index (χ1) is 8.81. The van der Waals surface area contributed by atoms with Crippen molar-refractivity contribution in [3.8, 4) is 0 Å². The Bertz CT molecular complexity index is 403. The molecule has 3 fully saturated rings. The minimum Gasteiger partial charge on any atom is -0.379 e. The fraction of sp³-hybridized carbons (Fsp3) is 0.929. The van der Waals surface area contributed by atoms with Crippen molar-refractivity contribution in [2.24, 2.45) is 17.1 Å². The molecule has 19 heavy (non-hydrogen) atoms. The number of carbonyl (C=O) groups excluding carboxylic acids is 1. The Morgan fingerprint density at radius 3 is 2.68 bits per heavy atom. The molecule has 3 aliphatic rings. The van der Waals surface area contributed by atoms with Crippen LogP contribution in [0.4, 0.5) is 0 Å². The Balaban J connectivity index is 1.79. The Labute approximate surface area is 114 Å². The molecule has 1 amide bonds. The van der Waals surface area contributed by atoms with Crippen LogP contribution in [0.2, 0.25) is 0 Å². The van der Waals surface area contributed by atoms with Gasteiger partial charge in [-0.3, -0.25) is 4.79 Å². The van der Waals surface area contributed by atoms with E-state index in [1.165, 1.54) is 0 Å². The maximum absolute atomic E-state index is 12.7. The van der Waals surface area contributed by atoms with Crippen LogP contribution < -0.4 is 11.1 Å². The number of rotatable bonds is 2. The van der Waals surface area contributed by atoms with Gasteiger partial charge in [0.2, 0.25) is 5.91 Å². The first-order valence-electron chi connectivity index (χ1n) is 7.12. The van der Waals surface area contributed by atoms with Crippen molar-refractivity contribution in [2.45, 2.75) is 50.8 Å². The number of hydrogen-bond donors (Lipinski definition) is 2. The number of hydrogen-bond acceptors (Lipinski definition) is 4. The summed E-state index contributed by atoms with van der Waals surface area (Å²) in [5.74, 6) is 0.102. The first kappa shape index (κ1) is 13.3. The molecule has 3 rings (SSSR count). The monoisotopic (exact) mass is 268 g/mol. The van der Waals surface area contributed by atoms with Crippen LogP contribution in [-0.4, -0.2) is 42.9 Å². The second kappa shape index (κ2) is 3.93. The van der Waals surface area contributed by atoms with E-state index >= 15 is 0 Å². The zero-order valence-corrected chi connectivity index (χ0v) is 12.0. The molecule has 1 saturated carbocycles. The zero-order valence-electron chi connectivity index (χ0n) is 12.0. The van der Waals surface area contributed by atoms with Crippen molar-refractivity contribution in [1.29, 1.82) is 0 Å². The van der Waals surface area contributed by atoms with Crippen molar-refractivity contribution in [3.63, 3.8) is 0 Å². The van der Waals surface area contributed by atoms with Gasteiger partial charge in [-0.05, 0) is 19.8 Å². The van der Waals surface area contributed by atoms with E-state index in [1.807, 2.05) is 20.8 Å². The van der Waals surface area contributed by atoms with E-state index in [2.05, 4.69) is 5.32 Å². The summed E-state index contributed by atoms with van der Waals surface area (Å²) >= 11 is 0. The number of ether oxygens (including phenoxy) is 2. The summed E-state index contributed by atoms with van der Waals surface area (Å²) in [6, 6.07) is 0. The highest BCUT2D eigenvalue weighted by Gasteiger charge is 2.71. The summed E-state index contributed by atoms with van der Waals surface area (Å²) in [5.41, 5.74) is 5.11. The average molecular weight is 268 g/mol. The van der Waals surface area contributed by atoms with E-state index in [4.69, 9.17) is 15.2 Å². The Morgan fingerprint density at radius 1 is 1.32 bits per heavy atom. The maximum atomic E-state index is 12.7. The van der Waals surface area contributed by atoms with Crippen LogP contribution in [0, 0.1) is 11.3 Å². The van der Waals surface area contributed by atoms with Gasteiger partial charge in [0.05, 0.1) is 18.2 Å². The van der Waals surface area contributed by atoms with E-state index in [-0.39, 0.29) is 28.9 Å². The SMILES string of the molecule is CC1(NC(=O)C2(N)C3CCOC3C2(C)C)CCOC1. The Hall–Kier alpha value is -0.650. The van der Waals surface area contributed by atoms with Crippen LogP contribution in [0.3, 0.4) is 0 Å². The molecule has 0 aromatic rings. The molecule has 2 aliphatic heterocycles. The fourth-order valence-electron chi connectivity index (χ4n) is 3.99. The average Bonchev–Trinajstić information content (AvgIpc) is 2.95. The molecular formula is C14H24N2O3. The maximum Gasteiger partial charge on any atom is 0.241 e. The van der Waals surface area contributed by atoms with Gasteiger partial charge in [0.1, 0.15) is 5.54 Å². The summed E-state index contributed by atoms with van der Waals surface area (Å²) in [6.45, 7) is 8.08. The molecule has 0 aromatic heterocycles. The summed E-state index contributed by atoms with van der Waals surface area (Å²) in [7, 11) is 0. The highest BCUT2D eigenvalue weighted by molar-refractivity contribution is 5.90. The summed E-state index contributed by atoms with van der Waals surface area (Å²) in [5, 5.41) is 3.12. The van der Waals surface area contributed by atoms with Crippen LogP contribution in [0.25, 0.3) is 0 Å². The predicted octanol–water partition coefficient (Wildman–Crippen LogP) is 0.424. The Morgan fingerprint density at radius 2 is 2.05 bits per heavy atom. The van der Waals surface area contributed by atoms with Gasteiger partial charge in [0.25, 0.3) is 0 Å². The van der Waals surface area contributed by atoms with Crippen LogP contribution in [-0.2, 0) is 14.3 Å². The van der Waals surface area contributed by atoms with Gasteiger partial charge in [-0.2, -0.15) is 0 Å². The first-order valence-corrected chi connectivity index (χ1v) is 7.12. The lowest BCUT2D eigenvalue weighted by Crippen LogP contribution is -2.81. The third-order valence-electron chi connectivity index (χ3n) is 5.46. The lowest BCUT2D eigenvalue weighted by atomic mass is 9.48. The molecule has 2 saturated heterocycles. The third kappa shape index (κ3) is 1.61. The highest BCUT2D eigenvalue weighted by Crippen LogP contribution is 2.58. The molecule has 0 radical (unpaired) electrons. The lowest BCUT2D eigenvalue weighted by molar-refractivity contribution is -0.176. The topological polar surface area (TPSA) is 73.6 Å². The van der Waals surface area contributed by atoms with Crippen LogP contribution in [0.5, 0.6) is 0 Å². The van der Waals surface area contributed by atoms with Gasteiger partial charge >= 0.3 is 0 Å². The molecule has 0 spiro atoms. The van der Waals surface area contributed by atoms with Crippen LogP contribution >= 0.6 is 0 Å². The molecule has 5 nitrogen and oxygen atoms in total. The number of amides is 1. The van der Waals surface area contributed by atoms with Gasteiger partial charge in [-0.1, -0.05) is 13.8 Å². The van der Waals surface area contributed by atoms with Gasteiger partial charge in [-0.15, -0.1) is 0 Å². The van der Waals surface area contributed by atoms with Crippen molar-refractivity contribution in [3.05, 3.63) is 0 Å². The fourth-order valence-corrected chi connectivity index (χ4v) is 3.99. The second-order valence-electron chi connectivity index (χ2n) is 7.09. The van der Waals surface area contributed by atoms with E-state index in [1.54, 1.807) is 0 Å². The van der Waals surface area contributed by atoms with Gasteiger partial charge in [0.15, 0.2) is 0 Å². The predicted molar refractivity (Wildman–Crippen MR) is 70.5 cm³/mol. The molecular weight excluding hydrogens is 244 g/mol. The lowest BCUT2D eigenvalue weighted by Gasteiger charge is -2.61. The van der Waals surface area contributed by atoms with Crippen molar-refractivity contribution < 1.29 is 14.3 Å². The summed E-state index contributed by atoms with van der Waals surface area (Å²) in [4.78, 5) is 12.7. The second-order valence-corrected chi connectivity index (χ2v) is 7.09. The molecule has 4 unspecified atom stereocenters. The van der Waals surface area contributed by atoms with E-state index in [0.29, 0.717) is 19.8 Å². The molecule has 3 N–H and O–H groups in total. The molecule has 5 heteroatoms. The molecule has 108 valence electrons. The molecule has 1 aliphatic carbocycles. The summed E-state index contributed by atoms with van der Waals surface area (Å²) in [6.07, 6.45) is 1.85. The minimum absolute atomic E-state index is 0.0442. The molecule has 4 atom stereocenters. The zero-order chi connectivity index (χ0) is 13.9. The highest BCUT2D eigenvalue weighted by atomic mass is 16.5. The smallest absolute Gasteiger partial charge is 0.241 e. The van der Waals surface area contributed by atoms with Crippen molar-refractivity contribution in [1.82, 2.24) is 5.32 Å². The molecule has 0 aromatic carbocycles. The molecule has 2 heterocycles. The largest absolute Gasteiger partial charge is 0.379 e. The summed E-state index contributed by atoms with van der Waals surface area (Å²) < 4.78 is 11.1. The van der Waals surface area contributed by atoms with Crippen LogP contribution in [0.15, 0.2) is 0 Å². The number of carbonyl (C=O) groups is 1. The van der Waals surface area contributed by atoms with Crippen LogP contribution in [0.1, 0.15) is 33.6 Å². The van der Waals surface area contributed by atoms with Gasteiger partial charge in [-0.25, -0.2) is 0 Å². The van der Waals surface area contributed by atoms with E-state index < -0.39 is 5.54 Å². The quantitative estimate of drug-likeness (QED) is 0.761. The molecule has 0 bridgehead atoms. The van der Waals surface area contributed by atoms with Crippen molar-refractivity contribution in [2.75, 3.05) is 19.8 Å². The standard InChI is InChI=1S/C14H24N2O3/c1-12(2)10-9(4-6-19-10)14(12,15)11(17)16-13(3)5-7-18-8-13/h9-10H,4-8,15H2,1-3H3,(H,16,17). The minimum atomic E-state index is -0.820. The Kier molecular flexibility index (Phi) is 2.76. The van der Waals surface area contributed by atoms with Crippen molar-refractivity contribution >= 4 is 5.91 Å².